The van der Waals surface area contributed by atoms with E-state index in [2.05, 4.69) is 9.71 Å². The number of anilines is 2. The third-order valence-corrected chi connectivity index (χ3v) is 5.27. The zero-order valence-electron chi connectivity index (χ0n) is 11.2. The minimum absolute atomic E-state index is 0.178. The molecule has 0 radical (unpaired) electrons. The number of nitrogens with one attached hydrogen (secondary N) is 1. The van der Waals surface area contributed by atoms with Crippen LogP contribution in [-0.2, 0) is 10.0 Å². The van der Waals surface area contributed by atoms with E-state index in [9.17, 15) is 8.42 Å². The molecule has 21 heavy (non-hydrogen) atoms. The topological polar surface area (TPSA) is 85.1 Å². The molecular formula is C14H13N3O2S2. The number of aryl methyl sites for hydroxylation is 1. The highest BCUT2D eigenvalue weighted by Crippen LogP contribution is 2.26. The van der Waals surface area contributed by atoms with Crippen molar-refractivity contribution >= 4 is 43.0 Å². The van der Waals surface area contributed by atoms with Crippen LogP contribution in [0, 0.1) is 6.92 Å². The van der Waals surface area contributed by atoms with E-state index < -0.39 is 10.0 Å². The summed E-state index contributed by atoms with van der Waals surface area (Å²) in [5.41, 5.74) is 7.47. The summed E-state index contributed by atoms with van der Waals surface area (Å²) in [5.74, 6) is 0. The van der Waals surface area contributed by atoms with E-state index in [-0.39, 0.29) is 4.90 Å². The average Bonchev–Trinajstić information content (AvgIpc) is 2.78. The second-order valence-electron chi connectivity index (χ2n) is 4.59. The highest BCUT2D eigenvalue weighted by atomic mass is 32.2. The van der Waals surface area contributed by atoms with E-state index in [0.717, 1.165) is 15.2 Å². The van der Waals surface area contributed by atoms with Gasteiger partial charge in [0.15, 0.2) is 0 Å². The van der Waals surface area contributed by atoms with Crippen LogP contribution in [-0.4, -0.2) is 13.4 Å². The van der Waals surface area contributed by atoms with E-state index in [1.165, 1.54) is 23.5 Å². The summed E-state index contributed by atoms with van der Waals surface area (Å²) >= 11 is 1.53. The molecule has 0 aliphatic heterocycles. The van der Waals surface area contributed by atoms with Crippen LogP contribution in [0.1, 0.15) is 5.01 Å². The largest absolute Gasteiger partial charge is 0.399 e. The highest BCUT2D eigenvalue weighted by Gasteiger charge is 2.14. The zero-order chi connectivity index (χ0) is 15.0. The van der Waals surface area contributed by atoms with Gasteiger partial charge in [0, 0.05) is 5.69 Å². The molecule has 0 unspecified atom stereocenters. The number of aromatic nitrogens is 1. The number of sulfonamides is 1. The molecule has 0 atom stereocenters. The number of hydrogen-bond acceptors (Lipinski definition) is 5. The minimum atomic E-state index is -3.61. The lowest BCUT2D eigenvalue weighted by atomic mass is 10.3. The third kappa shape index (κ3) is 2.84. The fraction of sp³-hybridized carbons (Fsp3) is 0.0714. The highest BCUT2D eigenvalue weighted by molar-refractivity contribution is 7.92. The van der Waals surface area contributed by atoms with Crippen LogP contribution in [0.3, 0.4) is 0 Å². The lowest BCUT2D eigenvalue weighted by Crippen LogP contribution is -2.12. The lowest BCUT2D eigenvalue weighted by Gasteiger charge is -2.08. The second-order valence-corrected chi connectivity index (χ2v) is 7.51. The number of nitrogens with two attached hydrogens (primary N) is 1. The summed E-state index contributed by atoms with van der Waals surface area (Å²) in [5, 5.41) is 0.948. The van der Waals surface area contributed by atoms with Gasteiger partial charge in [-0.3, -0.25) is 4.72 Å². The van der Waals surface area contributed by atoms with Gasteiger partial charge in [0.2, 0.25) is 0 Å². The monoisotopic (exact) mass is 319 g/mol. The van der Waals surface area contributed by atoms with Gasteiger partial charge in [-0.1, -0.05) is 0 Å². The third-order valence-electron chi connectivity index (χ3n) is 2.94. The Morgan fingerprint density at radius 1 is 1.14 bits per heavy atom. The SMILES string of the molecule is Cc1nc2ccc(NS(=O)(=O)c3ccc(N)cc3)cc2s1. The van der Waals surface area contributed by atoms with Gasteiger partial charge in [0.1, 0.15) is 0 Å². The molecule has 3 aromatic rings. The van der Waals surface area contributed by atoms with Crippen molar-refractivity contribution in [1.29, 1.82) is 0 Å². The van der Waals surface area contributed by atoms with Crippen LogP contribution in [0.5, 0.6) is 0 Å². The number of thiazole rings is 1. The summed E-state index contributed by atoms with van der Waals surface area (Å²) in [7, 11) is -3.61. The Morgan fingerprint density at radius 2 is 1.86 bits per heavy atom. The fourth-order valence-electron chi connectivity index (χ4n) is 1.96. The number of fused-ring (bicyclic) bond motifs is 1. The zero-order valence-corrected chi connectivity index (χ0v) is 12.8. The summed E-state index contributed by atoms with van der Waals surface area (Å²) in [6, 6.07) is 11.4. The predicted molar refractivity (Wildman–Crippen MR) is 86.0 cm³/mol. The Morgan fingerprint density at radius 3 is 2.57 bits per heavy atom. The number of rotatable bonds is 3. The van der Waals surface area contributed by atoms with Gasteiger partial charge in [0.05, 0.1) is 25.8 Å². The maximum absolute atomic E-state index is 12.3. The van der Waals surface area contributed by atoms with E-state index in [1.807, 2.05) is 6.92 Å². The molecule has 0 spiro atoms. The molecule has 3 N–H and O–H groups in total. The number of benzene rings is 2. The second kappa shape index (κ2) is 5.01. The van der Waals surface area contributed by atoms with Gasteiger partial charge in [-0.2, -0.15) is 0 Å². The molecule has 0 saturated carbocycles. The molecule has 5 nitrogen and oxygen atoms in total. The molecule has 0 aliphatic carbocycles. The Bertz CT molecular complexity index is 900. The van der Waals surface area contributed by atoms with Crippen LogP contribution in [0.4, 0.5) is 11.4 Å². The van der Waals surface area contributed by atoms with Crippen molar-refractivity contribution in [2.24, 2.45) is 0 Å². The van der Waals surface area contributed by atoms with Crippen LogP contribution >= 0.6 is 11.3 Å². The smallest absolute Gasteiger partial charge is 0.261 e. The first-order valence-corrected chi connectivity index (χ1v) is 8.49. The minimum Gasteiger partial charge on any atom is -0.399 e. The summed E-state index contributed by atoms with van der Waals surface area (Å²) < 4.78 is 28.1. The summed E-state index contributed by atoms with van der Waals surface area (Å²) in [4.78, 5) is 4.52. The van der Waals surface area contributed by atoms with Crippen LogP contribution in [0.15, 0.2) is 47.4 Å². The molecule has 0 amide bonds. The van der Waals surface area contributed by atoms with Gasteiger partial charge >= 0.3 is 0 Å². The van der Waals surface area contributed by atoms with E-state index in [0.29, 0.717) is 11.4 Å². The fourth-order valence-corrected chi connectivity index (χ4v) is 3.88. The lowest BCUT2D eigenvalue weighted by molar-refractivity contribution is 0.601. The van der Waals surface area contributed by atoms with Crippen LogP contribution < -0.4 is 10.5 Å². The quantitative estimate of drug-likeness (QED) is 0.727. The molecular weight excluding hydrogens is 306 g/mol. The van der Waals surface area contributed by atoms with Crippen LogP contribution in [0.2, 0.25) is 0 Å². The molecule has 1 heterocycles. The Hall–Kier alpha value is -2.12. The van der Waals surface area contributed by atoms with Crippen molar-refractivity contribution in [3.8, 4) is 0 Å². The van der Waals surface area contributed by atoms with Gasteiger partial charge in [-0.25, -0.2) is 13.4 Å². The molecule has 2 aromatic carbocycles. The summed E-state index contributed by atoms with van der Waals surface area (Å²) in [6.45, 7) is 1.92. The van der Waals surface area contributed by atoms with Crippen molar-refractivity contribution in [2.75, 3.05) is 10.5 Å². The molecule has 0 saturated heterocycles. The molecule has 1 aromatic heterocycles. The van der Waals surface area contributed by atoms with Crippen molar-refractivity contribution in [1.82, 2.24) is 4.98 Å². The number of hydrogen-bond donors (Lipinski definition) is 2. The molecule has 0 fully saturated rings. The molecule has 0 aliphatic rings. The first-order chi connectivity index (χ1) is 9.94. The van der Waals surface area contributed by atoms with Gasteiger partial charge in [-0.05, 0) is 49.4 Å². The normalized spacial score (nSPS) is 11.7. The van der Waals surface area contributed by atoms with Crippen molar-refractivity contribution < 1.29 is 8.42 Å². The van der Waals surface area contributed by atoms with Crippen molar-refractivity contribution in [3.05, 3.63) is 47.5 Å². The first-order valence-electron chi connectivity index (χ1n) is 6.20. The average molecular weight is 319 g/mol. The molecule has 0 bridgehead atoms. The predicted octanol–water partition coefficient (Wildman–Crippen LogP) is 2.99. The van der Waals surface area contributed by atoms with Crippen LogP contribution in [0.25, 0.3) is 10.2 Å². The standard InChI is InChI=1S/C14H13N3O2S2/c1-9-16-13-7-4-11(8-14(13)20-9)17-21(18,19)12-5-2-10(15)3-6-12/h2-8,17H,15H2,1H3. The summed E-state index contributed by atoms with van der Waals surface area (Å²) in [6.07, 6.45) is 0. The Labute approximate surface area is 126 Å². The number of nitrogens with zero attached hydrogens (tertiary/aromatic N) is 1. The van der Waals surface area contributed by atoms with Gasteiger partial charge < -0.3 is 5.73 Å². The Kier molecular flexibility index (Phi) is 3.30. The number of nitrogen functional groups attached to an aromatic ring is 1. The maximum atomic E-state index is 12.3. The van der Waals surface area contributed by atoms with E-state index in [4.69, 9.17) is 5.73 Å². The molecule has 7 heteroatoms. The van der Waals surface area contributed by atoms with E-state index in [1.54, 1.807) is 30.3 Å². The maximum Gasteiger partial charge on any atom is 0.261 e. The van der Waals surface area contributed by atoms with Crippen molar-refractivity contribution in [3.63, 3.8) is 0 Å². The van der Waals surface area contributed by atoms with Gasteiger partial charge in [-0.15, -0.1) is 11.3 Å². The molecule has 3 rings (SSSR count). The molecule has 108 valence electrons. The Balaban J connectivity index is 1.94. The van der Waals surface area contributed by atoms with Gasteiger partial charge in [0.25, 0.3) is 10.0 Å². The first kappa shape index (κ1) is 13.8. The van der Waals surface area contributed by atoms with Crippen molar-refractivity contribution in [2.45, 2.75) is 11.8 Å². The van der Waals surface area contributed by atoms with E-state index >= 15 is 0 Å².